The van der Waals surface area contributed by atoms with E-state index < -0.39 is 0 Å². The number of nitrogens with one attached hydrogen (secondary N) is 1. The molecule has 2 aromatic rings. The van der Waals surface area contributed by atoms with Crippen LogP contribution in [0.2, 0.25) is 5.02 Å². The molecule has 0 saturated heterocycles. The quantitative estimate of drug-likeness (QED) is 0.756. The van der Waals surface area contributed by atoms with Gasteiger partial charge in [0, 0.05) is 39.7 Å². The van der Waals surface area contributed by atoms with Crippen LogP contribution in [-0.2, 0) is 11.2 Å². The van der Waals surface area contributed by atoms with E-state index in [1.807, 2.05) is 44.2 Å². The lowest BCUT2D eigenvalue weighted by Gasteiger charge is -2.05. The summed E-state index contributed by atoms with van der Waals surface area (Å²) in [6.45, 7) is 4.49. The first-order valence-electron chi connectivity index (χ1n) is 7.57. The molecule has 1 aromatic carbocycles. The average molecular weight is 350 g/mol. The minimum Gasteiger partial charge on any atom is -0.356 e. The summed E-state index contributed by atoms with van der Waals surface area (Å²) in [6.07, 6.45) is 1.23. The van der Waals surface area contributed by atoms with Gasteiger partial charge in [0.2, 0.25) is 5.91 Å². The standard InChI is InChI=1S/C18H20ClNO2S/c1-12-11-16(13(2)23-12)17(21)7-8-18(22)20-10-9-14-3-5-15(19)6-4-14/h3-6,11H,7-10H2,1-2H3,(H,20,22). The van der Waals surface area contributed by atoms with Gasteiger partial charge in [0.05, 0.1) is 0 Å². The van der Waals surface area contributed by atoms with E-state index in [0.717, 1.165) is 27.3 Å². The van der Waals surface area contributed by atoms with Crippen molar-refractivity contribution in [2.45, 2.75) is 33.1 Å². The van der Waals surface area contributed by atoms with Gasteiger partial charge in [-0.3, -0.25) is 9.59 Å². The second-order valence-electron chi connectivity index (χ2n) is 5.48. The third-order valence-electron chi connectivity index (χ3n) is 3.57. The number of hydrogen-bond donors (Lipinski definition) is 1. The van der Waals surface area contributed by atoms with E-state index in [1.165, 1.54) is 0 Å². The first-order chi connectivity index (χ1) is 11.0. The van der Waals surface area contributed by atoms with Gasteiger partial charge in [0.1, 0.15) is 0 Å². The molecule has 0 aliphatic heterocycles. The number of halogens is 1. The molecular formula is C18H20ClNO2S. The number of benzene rings is 1. The van der Waals surface area contributed by atoms with Crippen LogP contribution in [-0.4, -0.2) is 18.2 Å². The number of carbonyl (C=O) groups is 2. The summed E-state index contributed by atoms with van der Waals surface area (Å²) < 4.78 is 0. The highest BCUT2D eigenvalue weighted by Crippen LogP contribution is 2.22. The van der Waals surface area contributed by atoms with E-state index in [1.54, 1.807) is 11.3 Å². The molecule has 5 heteroatoms. The number of thiophene rings is 1. The molecule has 122 valence electrons. The zero-order chi connectivity index (χ0) is 16.8. The molecule has 1 N–H and O–H groups in total. The van der Waals surface area contributed by atoms with E-state index in [2.05, 4.69) is 5.32 Å². The van der Waals surface area contributed by atoms with Gasteiger partial charge in [0.15, 0.2) is 5.78 Å². The number of hydrogen-bond acceptors (Lipinski definition) is 3. The van der Waals surface area contributed by atoms with Crippen molar-refractivity contribution in [1.82, 2.24) is 5.32 Å². The maximum absolute atomic E-state index is 12.1. The zero-order valence-corrected chi connectivity index (χ0v) is 14.9. The van der Waals surface area contributed by atoms with Crippen LogP contribution in [0.25, 0.3) is 0 Å². The lowest BCUT2D eigenvalue weighted by Crippen LogP contribution is -2.26. The van der Waals surface area contributed by atoms with Gasteiger partial charge in [-0.25, -0.2) is 0 Å². The van der Waals surface area contributed by atoms with Crippen LogP contribution in [0.15, 0.2) is 30.3 Å². The van der Waals surface area contributed by atoms with Gasteiger partial charge >= 0.3 is 0 Å². The van der Waals surface area contributed by atoms with Crippen molar-refractivity contribution in [3.63, 3.8) is 0 Å². The summed E-state index contributed by atoms with van der Waals surface area (Å²) in [7, 11) is 0. The summed E-state index contributed by atoms with van der Waals surface area (Å²) >= 11 is 7.44. The van der Waals surface area contributed by atoms with Crippen molar-refractivity contribution in [2.75, 3.05) is 6.54 Å². The Hall–Kier alpha value is -1.65. The first-order valence-corrected chi connectivity index (χ1v) is 8.76. The second-order valence-corrected chi connectivity index (χ2v) is 7.37. The minimum absolute atomic E-state index is 0.0414. The third kappa shape index (κ3) is 5.48. The van der Waals surface area contributed by atoms with Crippen LogP contribution in [0, 0.1) is 13.8 Å². The van der Waals surface area contributed by atoms with E-state index in [-0.39, 0.29) is 24.5 Å². The Labute approximate surface area is 145 Å². The molecule has 0 aliphatic rings. The molecule has 1 aromatic heterocycles. The predicted molar refractivity (Wildman–Crippen MR) is 95.5 cm³/mol. The van der Waals surface area contributed by atoms with Crippen LogP contribution in [0.1, 0.15) is 38.5 Å². The minimum atomic E-state index is -0.0862. The number of Topliss-reactive ketones (excluding diaryl/α,β-unsaturated/α-hetero) is 1. The molecule has 0 unspecified atom stereocenters. The second kappa shape index (κ2) is 8.27. The fourth-order valence-electron chi connectivity index (χ4n) is 2.36. The Bertz CT molecular complexity index is 692. The Balaban J connectivity index is 1.71. The Morgan fingerprint density at radius 1 is 1.13 bits per heavy atom. The molecule has 0 saturated carbocycles. The number of amides is 1. The molecule has 0 bridgehead atoms. The van der Waals surface area contributed by atoms with Crippen molar-refractivity contribution in [3.8, 4) is 0 Å². The molecule has 23 heavy (non-hydrogen) atoms. The number of ketones is 1. The summed E-state index contributed by atoms with van der Waals surface area (Å²) in [6, 6.07) is 9.46. The third-order valence-corrected chi connectivity index (χ3v) is 4.79. The first kappa shape index (κ1) is 17.7. The van der Waals surface area contributed by atoms with Crippen LogP contribution in [0.5, 0.6) is 0 Å². The fraction of sp³-hybridized carbons (Fsp3) is 0.333. The number of carbonyl (C=O) groups excluding carboxylic acids is 2. The van der Waals surface area contributed by atoms with E-state index in [0.29, 0.717) is 11.6 Å². The van der Waals surface area contributed by atoms with Crippen LogP contribution in [0.4, 0.5) is 0 Å². The zero-order valence-electron chi connectivity index (χ0n) is 13.3. The summed E-state index contributed by atoms with van der Waals surface area (Å²) in [4.78, 5) is 26.1. The smallest absolute Gasteiger partial charge is 0.220 e. The van der Waals surface area contributed by atoms with Gasteiger partial charge in [-0.1, -0.05) is 23.7 Å². The van der Waals surface area contributed by atoms with Gasteiger partial charge in [-0.2, -0.15) is 0 Å². The Morgan fingerprint density at radius 3 is 2.43 bits per heavy atom. The van der Waals surface area contributed by atoms with Crippen LogP contribution in [0.3, 0.4) is 0 Å². The molecule has 0 spiro atoms. The Morgan fingerprint density at radius 2 is 1.83 bits per heavy atom. The highest BCUT2D eigenvalue weighted by Gasteiger charge is 2.13. The fourth-order valence-corrected chi connectivity index (χ4v) is 3.42. The summed E-state index contributed by atoms with van der Waals surface area (Å²) in [5, 5.41) is 3.55. The molecule has 0 aliphatic carbocycles. The molecule has 1 amide bonds. The normalized spacial score (nSPS) is 10.6. The van der Waals surface area contributed by atoms with Crippen molar-refractivity contribution in [2.24, 2.45) is 0 Å². The number of aryl methyl sites for hydroxylation is 2. The molecule has 3 nitrogen and oxygen atoms in total. The summed E-state index contributed by atoms with van der Waals surface area (Å²) in [5.74, 6) is -0.0448. The SMILES string of the molecule is Cc1cc(C(=O)CCC(=O)NCCc2ccc(Cl)cc2)c(C)s1. The van der Waals surface area contributed by atoms with Gasteiger partial charge in [-0.15, -0.1) is 11.3 Å². The van der Waals surface area contributed by atoms with Crippen LogP contribution >= 0.6 is 22.9 Å². The molecule has 0 radical (unpaired) electrons. The highest BCUT2D eigenvalue weighted by atomic mass is 35.5. The van der Waals surface area contributed by atoms with E-state index >= 15 is 0 Å². The molecular weight excluding hydrogens is 330 g/mol. The van der Waals surface area contributed by atoms with Crippen molar-refractivity contribution in [1.29, 1.82) is 0 Å². The van der Waals surface area contributed by atoms with E-state index in [4.69, 9.17) is 11.6 Å². The lowest BCUT2D eigenvalue weighted by atomic mass is 10.1. The molecule has 0 atom stereocenters. The topological polar surface area (TPSA) is 46.2 Å². The predicted octanol–water partition coefficient (Wildman–Crippen LogP) is 4.34. The van der Waals surface area contributed by atoms with E-state index in [9.17, 15) is 9.59 Å². The van der Waals surface area contributed by atoms with Gasteiger partial charge in [0.25, 0.3) is 0 Å². The van der Waals surface area contributed by atoms with Crippen molar-refractivity contribution in [3.05, 3.63) is 56.2 Å². The largest absolute Gasteiger partial charge is 0.356 e. The highest BCUT2D eigenvalue weighted by molar-refractivity contribution is 7.12. The molecule has 0 fully saturated rings. The average Bonchev–Trinajstić information content (AvgIpc) is 2.85. The van der Waals surface area contributed by atoms with Gasteiger partial charge in [-0.05, 0) is 44.0 Å². The Kier molecular flexibility index (Phi) is 6.37. The van der Waals surface area contributed by atoms with Crippen LogP contribution < -0.4 is 5.32 Å². The molecule has 1 heterocycles. The maximum Gasteiger partial charge on any atom is 0.220 e. The van der Waals surface area contributed by atoms with Crippen molar-refractivity contribution < 1.29 is 9.59 Å². The monoisotopic (exact) mass is 349 g/mol. The van der Waals surface area contributed by atoms with Gasteiger partial charge < -0.3 is 5.32 Å². The number of rotatable bonds is 7. The maximum atomic E-state index is 12.1. The summed E-state index contributed by atoms with van der Waals surface area (Å²) in [5.41, 5.74) is 1.87. The molecule has 2 rings (SSSR count). The van der Waals surface area contributed by atoms with Crippen molar-refractivity contribution >= 4 is 34.6 Å². The lowest BCUT2D eigenvalue weighted by molar-refractivity contribution is -0.121.